The van der Waals surface area contributed by atoms with Crippen LogP contribution < -0.4 is 16.2 Å². The fourth-order valence-corrected chi connectivity index (χ4v) is 10.4. The number of nitrogens with two attached hydrogens (primary N) is 1. The number of aliphatic imine (C=N–C) groups is 1. The van der Waals surface area contributed by atoms with E-state index in [1.54, 1.807) is 0 Å². The number of ether oxygens (including phenoxy) is 1. The molecule has 3 aromatic rings. The molecule has 2 aromatic heterocycles. The molecule has 10 nitrogen and oxygen atoms in total. The van der Waals surface area contributed by atoms with Crippen LogP contribution in [0, 0.1) is 28.9 Å². The van der Waals surface area contributed by atoms with E-state index in [4.69, 9.17) is 15.5 Å². The van der Waals surface area contributed by atoms with Crippen LogP contribution in [0.15, 0.2) is 11.2 Å². The SMILES string of the molecule is CC(C)=c1c(F)c(-c2ncc(F)c3sc(N)c(C#N)c23)c2c(/c1=C(/N=C(\C)N1CC3CCN(C)C3C1)N1C3CCC1CN(CC(C)O)C3)COC2. The minimum Gasteiger partial charge on any atom is -0.392 e. The van der Waals surface area contributed by atoms with Crippen molar-refractivity contribution in [3.63, 3.8) is 0 Å². The molecule has 5 aliphatic heterocycles. The highest BCUT2D eigenvalue weighted by atomic mass is 32.1. The number of hydrogen-bond donors (Lipinski definition) is 2. The van der Waals surface area contributed by atoms with Crippen molar-refractivity contribution in [3.05, 3.63) is 45.0 Å². The standard InChI is InChI=1S/C38H46F2N8O2S/c1-19(2)30-31(26-17-50-18-27(26)32(34(30)40)35-33-25(10-41)37(42)51-36(33)28(39)11-43-35)38(44-21(4)47-13-22-8-9-45(5)29(22)16-47)48-23-6-7-24(48)15-46(14-23)12-20(3)49/h11,20,22-24,29,49H,6-9,12-18,42H2,1-5H3/b38-31+,44-21+. The second-order valence-corrected chi connectivity index (χ2v) is 16.4. The number of likely N-dealkylation sites (N-methyl/N-ethyl adjacent to an activating group) is 1. The monoisotopic (exact) mass is 716 g/mol. The van der Waals surface area contributed by atoms with Gasteiger partial charge in [-0.25, -0.2) is 13.8 Å². The van der Waals surface area contributed by atoms with Crippen LogP contribution in [0.1, 0.15) is 63.6 Å². The van der Waals surface area contributed by atoms with Crippen LogP contribution in [0.25, 0.3) is 32.7 Å². The molecule has 0 amide bonds. The molecule has 5 atom stereocenters. The number of nitrogens with zero attached hydrogens (tertiary/aromatic N) is 7. The number of nitrogen functional groups attached to an aromatic ring is 1. The van der Waals surface area contributed by atoms with E-state index in [-0.39, 0.29) is 57.2 Å². The first-order valence-corrected chi connectivity index (χ1v) is 18.9. The van der Waals surface area contributed by atoms with Crippen LogP contribution in [0.3, 0.4) is 0 Å². The number of β-amino-alcohol motifs (C(OH)–C–C–N with tert-alkyl or cyclic N) is 1. The molecular formula is C38H46F2N8O2S. The van der Waals surface area contributed by atoms with E-state index < -0.39 is 17.7 Å². The van der Waals surface area contributed by atoms with Crippen molar-refractivity contribution in [3.8, 4) is 17.3 Å². The number of pyridine rings is 1. The quantitative estimate of drug-likeness (QED) is 0.302. The number of piperazine rings is 1. The predicted octanol–water partition coefficient (Wildman–Crippen LogP) is 3.57. The van der Waals surface area contributed by atoms with Gasteiger partial charge in [0.25, 0.3) is 0 Å². The van der Waals surface area contributed by atoms with Gasteiger partial charge >= 0.3 is 0 Å². The maximum atomic E-state index is 17.7. The lowest BCUT2D eigenvalue weighted by molar-refractivity contribution is 0.0658. The maximum Gasteiger partial charge on any atom is 0.159 e. The van der Waals surface area contributed by atoms with Gasteiger partial charge in [0.1, 0.15) is 28.5 Å². The minimum atomic E-state index is -0.599. The molecule has 2 bridgehead atoms. The smallest absolute Gasteiger partial charge is 0.159 e. The molecule has 0 saturated carbocycles. The van der Waals surface area contributed by atoms with Crippen LogP contribution >= 0.6 is 11.3 Å². The van der Waals surface area contributed by atoms with Gasteiger partial charge in [0, 0.05) is 72.2 Å². The van der Waals surface area contributed by atoms with E-state index in [0.29, 0.717) is 29.3 Å². The number of amidine groups is 1. The Morgan fingerprint density at radius 2 is 1.84 bits per heavy atom. The summed E-state index contributed by atoms with van der Waals surface area (Å²) >= 11 is 0.977. The van der Waals surface area contributed by atoms with Gasteiger partial charge in [0.05, 0.1) is 41.5 Å². The van der Waals surface area contributed by atoms with Crippen molar-refractivity contribution >= 4 is 43.7 Å². The Balaban J connectivity index is 1.40. The van der Waals surface area contributed by atoms with Gasteiger partial charge in [-0.05, 0) is 77.6 Å². The number of aliphatic hydroxyl groups excluding tert-OH is 1. The summed E-state index contributed by atoms with van der Waals surface area (Å²) in [5.74, 6) is 1.21. The largest absolute Gasteiger partial charge is 0.392 e. The van der Waals surface area contributed by atoms with Crippen molar-refractivity contribution in [2.24, 2.45) is 10.9 Å². The molecule has 5 aliphatic rings. The van der Waals surface area contributed by atoms with Crippen LogP contribution in [-0.2, 0) is 18.0 Å². The minimum absolute atomic E-state index is 0.104. The summed E-state index contributed by atoms with van der Waals surface area (Å²) in [6.07, 6.45) is 3.80. The lowest BCUT2D eigenvalue weighted by atomic mass is 9.92. The molecule has 0 radical (unpaired) electrons. The molecule has 1 aromatic carbocycles. The van der Waals surface area contributed by atoms with E-state index in [1.165, 1.54) is 6.42 Å². The highest BCUT2D eigenvalue weighted by Crippen LogP contribution is 2.43. The van der Waals surface area contributed by atoms with Crippen molar-refractivity contribution in [2.75, 3.05) is 52.0 Å². The summed E-state index contributed by atoms with van der Waals surface area (Å²) in [7, 11) is 2.20. The zero-order chi connectivity index (χ0) is 35.9. The maximum absolute atomic E-state index is 17.7. The normalized spacial score (nSPS) is 26.2. The van der Waals surface area contributed by atoms with Gasteiger partial charge in [-0.3, -0.25) is 9.88 Å². The van der Waals surface area contributed by atoms with Crippen LogP contribution in [-0.4, -0.2) is 106 Å². The number of thiophene rings is 1. The number of rotatable bonds is 5. The van der Waals surface area contributed by atoms with Crippen LogP contribution in [0.4, 0.5) is 13.8 Å². The Hall–Kier alpha value is -3.67. The Bertz CT molecular complexity index is 2110. The van der Waals surface area contributed by atoms with E-state index >= 15 is 8.78 Å². The van der Waals surface area contributed by atoms with Gasteiger partial charge in [-0.15, -0.1) is 11.3 Å². The Morgan fingerprint density at radius 3 is 2.51 bits per heavy atom. The molecule has 0 spiro atoms. The molecular weight excluding hydrogens is 671 g/mol. The lowest BCUT2D eigenvalue weighted by Gasteiger charge is -2.43. The first-order chi connectivity index (χ1) is 24.5. The number of nitriles is 1. The van der Waals surface area contributed by atoms with Crippen molar-refractivity contribution in [1.82, 2.24) is 24.6 Å². The van der Waals surface area contributed by atoms with E-state index in [0.717, 1.165) is 91.1 Å². The zero-order valence-electron chi connectivity index (χ0n) is 30.0. The van der Waals surface area contributed by atoms with Crippen molar-refractivity contribution < 1.29 is 18.6 Å². The summed E-state index contributed by atoms with van der Waals surface area (Å²) < 4.78 is 39.2. The molecule has 4 saturated heterocycles. The summed E-state index contributed by atoms with van der Waals surface area (Å²) in [5, 5.41) is 21.9. The number of halogens is 2. The van der Waals surface area contributed by atoms with E-state index in [9.17, 15) is 10.4 Å². The predicted molar refractivity (Wildman–Crippen MR) is 196 cm³/mol. The summed E-state index contributed by atoms with van der Waals surface area (Å²) in [6, 6.07) is 2.91. The third kappa shape index (κ3) is 5.62. The molecule has 270 valence electrons. The zero-order valence-corrected chi connectivity index (χ0v) is 30.8. The Kier molecular flexibility index (Phi) is 8.82. The topological polar surface area (TPSA) is 117 Å². The lowest BCUT2D eigenvalue weighted by Crippen LogP contribution is -2.55. The fraction of sp³-hybridized carbons (Fsp3) is 0.553. The molecule has 51 heavy (non-hydrogen) atoms. The molecule has 5 unspecified atom stereocenters. The fourth-order valence-electron chi connectivity index (χ4n) is 9.51. The molecule has 8 rings (SSSR count). The van der Waals surface area contributed by atoms with E-state index in [1.807, 2.05) is 20.8 Å². The highest BCUT2D eigenvalue weighted by molar-refractivity contribution is 7.23. The molecule has 7 heterocycles. The third-order valence-electron chi connectivity index (χ3n) is 11.8. The van der Waals surface area contributed by atoms with Gasteiger partial charge < -0.3 is 30.3 Å². The second-order valence-electron chi connectivity index (χ2n) is 15.3. The first kappa shape index (κ1) is 34.4. The Labute approximate surface area is 301 Å². The van der Waals surface area contributed by atoms with Gasteiger partial charge in [0.2, 0.25) is 0 Å². The molecule has 13 heteroatoms. The average molecular weight is 717 g/mol. The van der Waals surface area contributed by atoms with Gasteiger partial charge in [-0.2, -0.15) is 5.26 Å². The molecule has 0 aliphatic carbocycles. The van der Waals surface area contributed by atoms with Crippen LogP contribution in [0.2, 0.25) is 0 Å². The number of anilines is 1. The number of benzene rings is 1. The number of aliphatic hydroxyl groups is 1. The number of aromatic nitrogens is 1. The number of fused-ring (bicyclic) bond motifs is 5. The summed E-state index contributed by atoms with van der Waals surface area (Å²) in [4.78, 5) is 19.6. The molecule has 4 fully saturated rings. The van der Waals surface area contributed by atoms with Crippen LogP contribution in [0.5, 0.6) is 0 Å². The van der Waals surface area contributed by atoms with E-state index in [2.05, 4.69) is 44.6 Å². The summed E-state index contributed by atoms with van der Waals surface area (Å²) in [5.41, 5.74) is 8.97. The molecule has 3 N–H and O–H groups in total. The first-order valence-electron chi connectivity index (χ1n) is 18.1. The van der Waals surface area contributed by atoms with Crippen molar-refractivity contribution in [1.29, 1.82) is 5.26 Å². The number of likely N-dealkylation sites (tertiary alicyclic amines) is 3. The highest BCUT2D eigenvalue weighted by Gasteiger charge is 2.44. The third-order valence-corrected chi connectivity index (χ3v) is 12.8. The average Bonchev–Trinajstić information content (AvgIpc) is 3.90. The Morgan fingerprint density at radius 1 is 1.12 bits per heavy atom. The van der Waals surface area contributed by atoms with Crippen molar-refractivity contribution in [2.45, 2.75) is 84.4 Å². The van der Waals surface area contributed by atoms with Gasteiger partial charge in [-0.1, -0.05) is 5.57 Å². The second kappa shape index (κ2) is 13.1. The summed E-state index contributed by atoms with van der Waals surface area (Å²) in [6.45, 7) is 13.3. The van der Waals surface area contributed by atoms with Gasteiger partial charge in [0.15, 0.2) is 5.82 Å². The number of hydrogen-bond acceptors (Lipinski definition) is 10.